The summed E-state index contributed by atoms with van der Waals surface area (Å²) >= 11 is 0. The van der Waals surface area contributed by atoms with Crippen LogP contribution in [-0.2, 0) is 6.54 Å². The molecule has 1 N–H and O–H groups in total. The third-order valence-electron chi connectivity index (χ3n) is 2.40. The van der Waals surface area contributed by atoms with E-state index in [2.05, 4.69) is 17.3 Å². The highest BCUT2D eigenvalue weighted by molar-refractivity contribution is 5.11. The van der Waals surface area contributed by atoms with Crippen LogP contribution < -0.4 is 10.1 Å². The van der Waals surface area contributed by atoms with E-state index in [1.165, 1.54) is 12.8 Å². The van der Waals surface area contributed by atoms with E-state index in [1.807, 2.05) is 17.9 Å². The Hall–Kier alpha value is -1.03. The van der Waals surface area contributed by atoms with E-state index in [4.69, 9.17) is 4.74 Å². The molecule has 1 aromatic heterocycles. The molecule has 0 bridgehead atoms. The van der Waals surface area contributed by atoms with Gasteiger partial charge in [-0.25, -0.2) is 0 Å². The number of hydrogen-bond acceptors (Lipinski definition) is 3. The van der Waals surface area contributed by atoms with E-state index in [0.29, 0.717) is 0 Å². The monoisotopic (exact) mass is 225 g/mol. The van der Waals surface area contributed by atoms with Crippen molar-refractivity contribution >= 4 is 0 Å². The molecule has 0 aliphatic rings. The lowest BCUT2D eigenvalue weighted by molar-refractivity contribution is 0.304. The van der Waals surface area contributed by atoms with Crippen LogP contribution >= 0.6 is 0 Å². The van der Waals surface area contributed by atoms with Gasteiger partial charge in [0.1, 0.15) is 0 Å². The van der Waals surface area contributed by atoms with Crippen molar-refractivity contribution in [3.05, 3.63) is 12.4 Å². The highest BCUT2D eigenvalue weighted by Crippen LogP contribution is 2.09. The summed E-state index contributed by atoms with van der Waals surface area (Å²) in [7, 11) is 1.98. The zero-order valence-corrected chi connectivity index (χ0v) is 10.4. The minimum atomic E-state index is 0.793. The predicted molar refractivity (Wildman–Crippen MR) is 65.8 cm³/mol. The maximum atomic E-state index is 5.61. The summed E-state index contributed by atoms with van der Waals surface area (Å²) in [5, 5.41) is 7.36. The van der Waals surface area contributed by atoms with Gasteiger partial charge in [-0.1, -0.05) is 6.92 Å². The summed E-state index contributed by atoms with van der Waals surface area (Å²) in [6, 6.07) is 0. The summed E-state index contributed by atoms with van der Waals surface area (Å²) in [4.78, 5) is 0. The fourth-order valence-electron chi connectivity index (χ4n) is 1.54. The summed E-state index contributed by atoms with van der Waals surface area (Å²) in [6.07, 6.45) is 8.41. The third kappa shape index (κ3) is 5.16. The molecule has 1 aromatic rings. The Morgan fingerprint density at radius 2 is 2.25 bits per heavy atom. The van der Waals surface area contributed by atoms with Gasteiger partial charge < -0.3 is 10.1 Å². The molecule has 4 nitrogen and oxygen atoms in total. The lowest BCUT2D eigenvalue weighted by Gasteiger charge is -2.03. The second-order valence-corrected chi connectivity index (χ2v) is 3.95. The topological polar surface area (TPSA) is 39.1 Å². The minimum absolute atomic E-state index is 0.793. The van der Waals surface area contributed by atoms with Crippen molar-refractivity contribution in [3.63, 3.8) is 0 Å². The summed E-state index contributed by atoms with van der Waals surface area (Å²) in [6.45, 7) is 4.99. The third-order valence-corrected chi connectivity index (χ3v) is 2.40. The second kappa shape index (κ2) is 8.16. The Kier molecular flexibility index (Phi) is 6.65. The molecule has 0 fully saturated rings. The van der Waals surface area contributed by atoms with Crippen LogP contribution in [0.3, 0.4) is 0 Å². The van der Waals surface area contributed by atoms with Crippen molar-refractivity contribution in [2.75, 3.05) is 20.2 Å². The molecule has 0 amide bonds. The standard InChI is InChI=1S/C12H23N3O/c1-3-8-15-11-12(10-14-15)16-9-6-4-5-7-13-2/h10-11,13H,3-9H2,1-2H3. The van der Waals surface area contributed by atoms with Crippen LogP contribution in [-0.4, -0.2) is 30.0 Å². The van der Waals surface area contributed by atoms with Crippen molar-refractivity contribution in [2.24, 2.45) is 0 Å². The first-order valence-corrected chi connectivity index (χ1v) is 6.16. The number of ether oxygens (including phenoxy) is 1. The Balaban J connectivity index is 2.07. The highest BCUT2D eigenvalue weighted by Gasteiger charge is 1.98. The van der Waals surface area contributed by atoms with E-state index in [-0.39, 0.29) is 0 Å². The number of hydrogen-bond donors (Lipinski definition) is 1. The number of aryl methyl sites for hydroxylation is 1. The van der Waals surface area contributed by atoms with Gasteiger partial charge in [0, 0.05) is 6.54 Å². The molecule has 0 saturated heterocycles. The second-order valence-electron chi connectivity index (χ2n) is 3.95. The summed E-state index contributed by atoms with van der Waals surface area (Å²) in [5.41, 5.74) is 0. The smallest absolute Gasteiger partial charge is 0.157 e. The molecule has 0 radical (unpaired) electrons. The number of nitrogens with one attached hydrogen (secondary N) is 1. The number of aromatic nitrogens is 2. The first-order valence-electron chi connectivity index (χ1n) is 6.16. The maximum absolute atomic E-state index is 5.61. The van der Waals surface area contributed by atoms with Gasteiger partial charge in [0.15, 0.2) is 5.75 Å². The molecular weight excluding hydrogens is 202 g/mol. The van der Waals surface area contributed by atoms with Crippen molar-refractivity contribution in [2.45, 2.75) is 39.2 Å². The first-order chi connectivity index (χ1) is 7.86. The van der Waals surface area contributed by atoms with Crippen molar-refractivity contribution < 1.29 is 4.74 Å². The Morgan fingerprint density at radius 3 is 3.00 bits per heavy atom. The van der Waals surface area contributed by atoms with Crippen LogP contribution in [0.5, 0.6) is 5.75 Å². The summed E-state index contributed by atoms with van der Waals surface area (Å²) in [5.74, 6) is 0.891. The summed E-state index contributed by atoms with van der Waals surface area (Å²) < 4.78 is 7.54. The molecule has 0 aliphatic carbocycles. The molecule has 92 valence electrons. The Bertz CT molecular complexity index is 273. The van der Waals surface area contributed by atoms with Gasteiger partial charge in [0.2, 0.25) is 0 Å². The molecule has 0 aliphatic heterocycles. The van der Waals surface area contributed by atoms with Gasteiger partial charge in [-0.2, -0.15) is 5.10 Å². The van der Waals surface area contributed by atoms with Crippen molar-refractivity contribution in [1.29, 1.82) is 0 Å². The molecule has 0 unspecified atom stereocenters. The van der Waals surface area contributed by atoms with Gasteiger partial charge in [-0.3, -0.25) is 4.68 Å². The Labute approximate surface area is 98.0 Å². The largest absolute Gasteiger partial charge is 0.490 e. The van der Waals surface area contributed by atoms with Gasteiger partial charge >= 0.3 is 0 Å². The molecule has 0 aromatic carbocycles. The highest BCUT2D eigenvalue weighted by atomic mass is 16.5. The lowest BCUT2D eigenvalue weighted by Crippen LogP contribution is -2.07. The normalized spacial score (nSPS) is 10.6. The van der Waals surface area contributed by atoms with Gasteiger partial charge in [0.05, 0.1) is 19.0 Å². The quantitative estimate of drug-likeness (QED) is 0.654. The molecule has 16 heavy (non-hydrogen) atoms. The zero-order valence-electron chi connectivity index (χ0n) is 10.4. The molecule has 0 saturated carbocycles. The lowest BCUT2D eigenvalue weighted by atomic mass is 10.2. The number of nitrogens with zero attached hydrogens (tertiary/aromatic N) is 2. The van der Waals surface area contributed by atoms with Gasteiger partial charge in [0.25, 0.3) is 0 Å². The molecule has 1 rings (SSSR count). The first kappa shape index (κ1) is 13.0. The molecule has 0 atom stereocenters. The maximum Gasteiger partial charge on any atom is 0.157 e. The van der Waals surface area contributed by atoms with Gasteiger partial charge in [-0.05, 0) is 39.3 Å². The number of rotatable bonds is 9. The van der Waals surface area contributed by atoms with Crippen LogP contribution in [0.25, 0.3) is 0 Å². The Morgan fingerprint density at radius 1 is 1.38 bits per heavy atom. The predicted octanol–water partition coefficient (Wildman–Crippen LogP) is 2.06. The van der Waals surface area contributed by atoms with Gasteiger partial charge in [-0.15, -0.1) is 0 Å². The van der Waals surface area contributed by atoms with Crippen LogP contribution in [0.15, 0.2) is 12.4 Å². The fraction of sp³-hybridized carbons (Fsp3) is 0.750. The van der Waals surface area contributed by atoms with E-state index < -0.39 is 0 Å². The fourth-order valence-corrected chi connectivity index (χ4v) is 1.54. The molecule has 1 heterocycles. The molecule has 0 spiro atoms. The number of unbranched alkanes of at least 4 members (excludes halogenated alkanes) is 2. The average molecular weight is 225 g/mol. The van der Waals surface area contributed by atoms with E-state index >= 15 is 0 Å². The van der Waals surface area contributed by atoms with Crippen molar-refractivity contribution in [1.82, 2.24) is 15.1 Å². The van der Waals surface area contributed by atoms with Crippen LogP contribution in [0, 0.1) is 0 Å². The molecule has 4 heteroatoms. The van der Waals surface area contributed by atoms with Crippen LogP contribution in [0.4, 0.5) is 0 Å². The van der Waals surface area contributed by atoms with E-state index in [0.717, 1.165) is 38.3 Å². The zero-order chi connectivity index (χ0) is 11.6. The SMILES string of the molecule is CCCn1cc(OCCCCCNC)cn1. The average Bonchev–Trinajstić information content (AvgIpc) is 2.72. The van der Waals surface area contributed by atoms with E-state index in [1.54, 1.807) is 6.20 Å². The van der Waals surface area contributed by atoms with Crippen molar-refractivity contribution in [3.8, 4) is 5.75 Å². The van der Waals surface area contributed by atoms with Crippen LogP contribution in [0.2, 0.25) is 0 Å². The molecular formula is C12H23N3O. The van der Waals surface area contributed by atoms with Crippen LogP contribution in [0.1, 0.15) is 32.6 Å². The minimum Gasteiger partial charge on any atom is -0.490 e. The van der Waals surface area contributed by atoms with E-state index in [9.17, 15) is 0 Å².